The molecule has 0 aromatic carbocycles. The molecule has 0 bridgehead atoms. The van der Waals surface area contributed by atoms with Gasteiger partial charge in [0.15, 0.2) is 0 Å². The molecule has 0 radical (unpaired) electrons. The van der Waals surface area contributed by atoms with Gasteiger partial charge >= 0.3 is 0 Å². The number of piperidine rings is 1. The van der Waals surface area contributed by atoms with Crippen LogP contribution in [0.25, 0.3) is 5.52 Å². The highest BCUT2D eigenvalue weighted by Crippen LogP contribution is 2.11. The van der Waals surface area contributed by atoms with E-state index < -0.39 is 0 Å². The van der Waals surface area contributed by atoms with Crippen LogP contribution >= 0.6 is 12.4 Å². The quantitative estimate of drug-likeness (QED) is 0.870. The number of hydrogen-bond acceptors (Lipinski definition) is 3. The third-order valence-electron chi connectivity index (χ3n) is 3.30. The third-order valence-corrected chi connectivity index (χ3v) is 3.30. The van der Waals surface area contributed by atoms with Crippen molar-refractivity contribution in [3.05, 3.63) is 36.2 Å². The van der Waals surface area contributed by atoms with Gasteiger partial charge in [-0.1, -0.05) is 6.07 Å². The van der Waals surface area contributed by atoms with E-state index in [1.165, 1.54) is 0 Å². The molecule has 1 fully saturated rings. The highest BCUT2D eigenvalue weighted by molar-refractivity contribution is 6.00. The molecule has 0 saturated carbocycles. The van der Waals surface area contributed by atoms with Crippen LogP contribution in [-0.2, 0) is 0 Å². The number of amides is 1. The Morgan fingerprint density at radius 3 is 3.16 bits per heavy atom. The molecule has 3 heterocycles. The summed E-state index contributed by atoms with van der Waals surface area (Å²) in [5, 5.41) is 10.5. The van der Waals surface area contributed by atoms with Gasteiger partial charge in [-0.2, -0.15) is 5.10 Å². The highest BCUT2D eigenvalue weighted by atomic mass is 35.5. The minimum atomic E-state index is -0.0371. The smallest absolute Gasteiger partial charge is 0.255 e. The molecule has 1 atom stereocenters. The Hall–Kier alpha value is -1.59. The molecule has 1 aliphatic heterocycles. The Labute approximate surface area is 117 Å². The molecular formula is C13H17ClN4O. The SMILES string of the molecule is Cl.O=C(N[C@@H]1CCCNC1)c1cnn2ccccc12. The second-order valence-corrected chi connectivity index (χ2v) is 4.61. The first kappa shape index (κ1) is 13.8. The Kier molecular flexibility index (Phi) is 4.39. The number of nitrogens with one attached hydrogen (secondary N) is 2. The molecule has 5 nitrogen and oxygen atoms in total. The Balaban J connectivity index is 0.00000133. The molecule has 0 aliphatic carbocycles. The van der Waals surface area contributed by atoms with Crippen LogP contribution in [0.1, 0.15) is 23.2 Å². The van der Waals surface area contributed by atoms with E-state index in [0.717, 1.165) is 31.4 Å². The predicted octanol–water partition coefficient (Wildman–Crippen LogP) is 1.24. The molecule has 102 valence electrons. The molecular weight excluding hydrogens is 264 g/mol. The third kappa shape index (κ3) is 2.88. The number of carbonyl (C=O) groups is 1. The molecule has 0 spiro atoms. The number of carbonyl (C=O) groups excluding carboxylic acids is 1. The second kappa shape index (κ2) is 6.04. The van der Waals surface area contributed by atoms with Crippen molar-refractivity contribution >= 4 is 23.8 Å². The number of fused-ring (bicyclic) bond motifs is 1. The first-order chi connectivity index (χ1) is 8.84. The number of rotatable bonds is 2. The van der Waals surface area contributed by atoms with Crippen molar-refractivity contribution in [2.75, 3.05) is 13.1 Å². The Morgan fingerprint density at radius 1 is 1.47 bits per heavy atom. The van der Waals surface area contributed by atoms with Crippen LogP contribution in [0.4, 0.5) is 0 Å². The summed E-state index contributed by atoms with van der Waals surface area (Å²) in [4.78, 5) is 12.2. The Morgan fingerprint density at radius 2 is 2.37 bits per heavy atom. The van der Waals surface area contributed by atoms with Gasteiger partial charge in [0.1, 0.15) is 0 Å². The summed E-state index contributed by atoms with van der Waals surface area (Å²) in [5.41, 5.74) is 1.49. The summed E-state index contributed by atoms with van der Waals surface area (Å²) in [6, 6.07) is 5.94. The lowest BCUT2D eigenvalue weighted by molar-refractivity contribution is 0.0932. The van der Waals surface area contributed by atoms with Crippen LogP contribution in [0.3, 0.4) is 0 Å². The summed E-state index contributed by atoms with van der Waals surface area (Å²) in [7, 11) is 0. The lowest BCUT2D eigenvalue weighted by Gasteiger charge is -2.23. The molecule has 6 heteroatoms. The molecule has 1 amide bonds. The van der Waals surface area contributed by atoms with Crippen LogP contribution < -0.4 is 10.6 Å². The van der Waals surface area contributed by atoms with Crippen molar-refractivity contribution in [1.29, 1.82) is 0 Å². The normalized spacial score (nSPS) is 18.8. The number of pyridine rings is 1. The van der Waals surface area contributed by atoms with Gasteiger partial charge in [0.05, 0.1) is 17.3 Å². The minimum Gasteiger partial charge on any atom is -0.348 e. The van der Waals surface area contributed by atoms with E-state index >= 15 is 0 Å². The van der Waals surface area contributed by atoms with Gasteiger partial charge in [-0.25, -0.2) is 4.52 Å². The van der Waals surface area contributed by atoms with Crippen LogP contribution in [-0.4, -0.2) is 34.7 Å². The zero-order valence-electron chi connectivity index (χ0n) is 10.5. The topological polar surface area (TPSA) is 58.4 Å². The summed E-state index contributed by atoms with van der Waals surface area (Å²) in [5.74, 6) is -0.0371. The van der Waals surface area contributed by atoms with Gasteiger partial charge in [-0.3, -0.25) is 4.79 Å². The van der Waals surface area contributed by atoms with Gasteiger partial charge in [-0.05, 0) is 31.5 Å². The van der Waals surface area contributed by atoms with Crippen molar-refractivity contribution in [1.82, 2.24) is 20.2 Å². The molecule has 2 aromatic heterocycles. The number of aromatic nitrogens is 2. The first-order valence-corrected chi connectivity index (χ1v) is 6.28. The summed E-state index contributed by atoms with van der Waals surface area (Å²) in [6.45, 7) is 1.90. The van der Waals surface area contributed by atoms with Crippen molar-refractivity contribution in [3.8, 4) is 0 Å². The molecule has 2 aromatic rings. The van der Waals surface area contributed by atoms with Crippen LogP contribution in [0.15, 0.2) is 30.6 Å². The zero-order chi connectivity index (χ0) is 12.4. The van der Waals surface area contributed by atoms with Crippen molar-refractivity contribution in [2.45, 2.75) is 18.9 Å². The van der Waals surface area contributed by atoms with Gasteiger partial charge in [0.25, 0.3) is 5.91 Å². The molecule has 1 aliphatic rings. The molecule has 0 unspecified atom stereocenters. The monoisotopic (exact) mass is 280 g/mol. The predicted molar refractivity (Wildman–Crippen MR) is 75.8 cm³/mol. The second-order valence-electron chi connectivity index (χ2n) is 4.61. The van der Waals surface area contributed by atoms with Crippen LogP contribution in [0.5, 0.6) is 0 Å². The van der Waals surface area contributed by atoms with E-state index in [-0.39, 0.29) is 24.4 Å². The van der Waals surface area contributed by atoms with Crippen molar-refractivity contribution in [2.24, 2.45) is 0 Å². The van der Waals surface area contributed by atoms with Crippen molar-refractivity contribution in [3.63, 3.8) is 0 Å². The molecule has 3 rings (SSSR count). The van der Waals surface area contributed by atoms with E-state index in [0.29, 0.717) is 5.56 Å². The zero-order valence-corrected chi connectivity index (χ0v) is 11.3. The van der Waals surface area contributed by atoms with Gasteiger partial charge < -0.3 is 10.6 Å². The fraction of sp³-hybridized carbons (Fsp3) is 0.385. The van der Waals surface area contributed by atoms with E-state index in [9.17, 15) is 4.79 Å². The standard InChI is InChI=1S/C13H16N4O.ClH/c18-13(16-10-4-3-6-14-8-10)11-9-15-17-7-2-1-5-12(11)17;/h1-2,5,7,9-10,14H,3-4,6,8H2,(H,16,18);1H/t10-;/m1./s1. The summed E-state index contributed by atoms with van der Waals surface area (Å²) < 4.78 is 1.72. The molecule has 2 N–H and O–H groups in total. The lowest BCUT2D eigenvalue weighted by Crippen LogP contribution is -2.45. The van der Waals surface area contributed by atoms with E-state index in [2.05, 4.69) is 15.7 Å². The fourth-order valence-corrected chi connectivity index (χ4v) is 2.35. The summed E-state index contributed by atoms with van der Waals surface area (Å²) in [6.07, 6.45) is 5.62. The summed E-state index contributed by atoms with van der Waals surface area (Å²) >= 11 is 0. The highest BCUT2D eigenvalue weighted by Gasteiger charge is 2.18. The van der Waals surface area contributed by atoms with Gasteiger partial charge in [0, 0.05) is 18.8 Å². The molecule has 19 heavy (non-hydrogen) atoms. The maximum Gasteiger partial charge on any atom is 0.255 e. The van der Waals surface area contributed by atoms with E-state index in [1.54, 1.807) is 10.7 Å². The number of nitrogens with zero attached hydrogens (tertiary/aromatic N) is 2. The number of halogens is 1. The van der Waals surface area contributed by atoms with Gasteiger partial charge in [0.2, 0.25) is 0 Å². The average molecular weight is 281 g/mol. The van der Waals surface area contributed by atoms with Crippen molar-refractivity contribution < 1.29 is 4.79 Å². The van der Waals surface area contributed by atoms with Crippen LogP contribution in [0.2, 0.25) is 0 Å². The number of hydrogen-bond donors (Lipinski definition) is 2. The lowest BCUT2D eigenvalue weighted by atomic mass is 10.1. The minimum absolute atomic E-state index is 0. The largest absolute Gasteiger partial charge is 0.348 e. The van der Waals surface area contributed by atoms with Gasteiger partial charge in [-0.15, -0.1) is 12.4 Å². The first-order valence-electron chi connectivity index (χ1n) is 6.28. The molecule has 1 saturated heterocycles. The fourth-order valence-electron chi connectivity index (χ4n) is 2.35. The Bertz CT molecular complexity index is 563. The maximum atomic E-state index is 12.2. The maximum absolute atomic E-state index is 12.2. The average Bonchev–Trinajstić information content (AvgIpc) is 2.84. The van der Waals surface area contributed by atoms with Crippen LogP contribution in [0, 0.1) is 0 Å². The van der Waals surface area contributed by atoms with E-state index in [1.807, 2.05) is 24.4 Å². The van der Waals surface area contributed by atoms with E-state index in [4.69, 9.17) is 0 Å².